The molecule has 0 bridgehead atoms. The second kappa shape index (κ2) is 7.44. The fourth-order valence-corrected chi connectivity index (χ4v) is 1.88. The molecule has 0 N–H and O–H groups in total. The predicted octanol–water partition coefficient (Wildman–Crippen LogP) is 4.91. The highest BCUT2D eigenvalue weighted by atomic mass is 16.5. The van der Waals surface area contributed by atoms with Gasteiger partial charge in [-0.3, -0.25) is 4.79 Å². The number of rotatable bonds is 5. The Morgan fingerprint density at radius 1 is 1.05 bits per heavy atom. The molecule has 0 saturated heterocycles. The van der Waals surface area contributed by atoms with Crippen LogP contribution in [-0.4, -0.2) is 5.97 Å². The van der Waals surface area contributed by atoms with E-state index in [2.05, 4.69) is 24.3 Å². The van der Waals surface area contributed by atoms with Gasteiger partial charge >= 0.3 is 5.97 Å². The van der Waals surface area contributed by atoms with E-state index in [0.717, 1.165) is 12.0 Å². The summed E-state index contributed by atoms with van der Waals surface area (Å²) in [5.74, 6) is -0.246. The third kappa shape index (κ3) is 4.32. The maximum Gasteiger partial charge on any atom is 0.313 e. The lowest BCUT2D eigenvalue weighted by atomic mass is 10.0. The van der Waals surface area contributed by atoms with Gasteiger partial charge in [0.1, 0.15) is 0 Å². The first-order valence-corrected chi connectivity index (χ1v) is 7.23. The van der Waals surface area contributed by atoms with E-state index >= 15 is 0 Å². The van der Waals surface area contributed by atoms with Gasteiger partial charge < -0.3 is 4.74 Å². The van der Waals surface area contributed by atoms with Crippen LogP contribution in [0, 0.1) is 5.92 Å². The van der Waals surface area contributed by atoms with Gasteiger partial charge in [0.25, 0.3) is 0 Å². The van der Waals surface area contributed by atoms with Crippen LogP contribution < -0.4 is 0 Å². The van der Waals surface area contributed by atoms with Crippen LogP contribution >= 0.6 is 0 Å². The summed E-state index contributed by atoms with van der Waals surface area (Å²) in [7, 11) is 0. The van der Waals surface area contributed by atoms with Gasteiger partial charge in [-0.1, -0.05) is 68.4 Å². The third-order valence-corrected chi connectivity index (χ3v) is 3.48. The lowest BCUT2D eigenvalue weighted by Gasteiger charge is -2.05. The summed E-state index contributed by atoms with van der Waals surface area (Å²) < 4.78 is 5.09. The van der Waals surface area contributed by atoms with Crippen molar-refractivity contribution in [2.24, 2.45) is 5.92 Å². The minimum atomic E-state index is -0.186. The van der Waals surface area contributed by atoms with Crippen molar-refractivity contribution in [3.63, 3.8) is 0 Å². The van der Waals surface area contributed by atoms with Crippen molar-refractivity contribution in [2.75, 3.05) is 0 Å². The Hall–Kier alpha value is -2.35. The van der Waals surface area contributed by atoms with E-state index in [9.17, 15) is 4.79 Å². The molecular formula is C19H20O2. The molecule has 0 radical (unpaired) electrons. The molecule has 2 nitrogen and oxygen atoms in total. The van der Waals surface area contributed by atoms with E-state index in [4.69, 9.17) is 4.74 Å². The summed E-state index contributed by atoms with van der Waals surface area (Å²) in [6, 6.07) is 18.4. The molecule has 2 aromatic rings. The van der Waals surface area contributed by atoms with Gasteiger partial charge in [0.15, 0.2) is 0 Å². The number of hydrogen-bond donors (Lipinski definition) is 0. The molecule has 0 saturated carbocycles. The highest BCUT2D eigenvalue weighted by Gasteiger charge is 2.09. The van der Waals surface area contributed by atoms with Crippen molar-refractivity contribution in [3.05, 3.63) is 66.4 Å². The second-order valence-corrected chi connectivity index (χ2v) is 5.04. The van der Waals surface area contributed by atoms with E-state index in [1.165, 1.54) is 17.4 Å². The Morgan fingerprint density at radius 2 is 1.67 bits per heavy atom. The van der Waals surface area contributed by atoms with E-state index < -0.39 is 0 Å². The average molecular weight is 280 g/mol. The molecule has 2 heteroatoms. The van der Waals surface area contributed by atoms with Gasteiger partial charge in [-0.25, -0.2) is 0 Å². The minimum absolute atomic E-state index is 0.0601. The third-order valence-electron chi connectivity index (χ3n) is 3.48. The molecule has 0 aliphatic heterocycles. The lowest BCUT2D eigenvalue weighted by Crippen LogP contribution is -2.10. The first-order chi connectivity index (χ1) is 10.2. The van der Waals surface area contributed by atoms with E-state index in [0.29, 0.717) is 0 Å². The Kier molecular flexibility index (Phi) is 5.33. The van der Waals surface area contributed by atoms with Crippen molar-refractivity contribution >= 4 is 12.0 Å². The van der Waals surface area contributed by atoms with Crippen molar-refractivity contribution < 1.29 is 9.53 Å². The van der Waals surface area contributed by atoms with Gasteiger partial charge in [0.05, 0.1) is 12.2 Å². The number of hydrogen-bond acceptors (Lipinski definition) is 2. The Labute approximate surface area is 126 Å². The van der Waals surface area contributed by atoms with Crippen LogP contribution in [0.1, 0.15) is 25.8 Å². The number of benzene rings is 2. The fourth-order valence-electron chi connectivity index (χ4n) is 1.88. The van der Waals surface area contributed by atoms with Gasteiger partial charge in [-0.05, 0) is 29.2 Å². The van der Waals surface area contributed by atoms with Crippen molar-refractivity contribution in [2.45, 2.75) is 20.3 Å². The number of ether oxygens (including phenoxy) is 1. The van der Waals surface area contributed by atoms with Crippen LogP contribution in [-0.2, 0) is 9.53 Å². The maximum absolute atomic E-state index is 11.5. The molecule has 1 unspecified atom stereocenters. The summed E-state index contributed by atoms with van der Waals surface area (Å²) in [4.78, 5) is 11.5. The summed E-state index contributed by atoms with van der Waals surface area (Å²) in [6.45, 7) is 3.84. The molecule has 0 heterocycles. The zero-order valence-corrected chi connectivity index (χ0v) is 12.5. The van der Waals surface area contributed by atoms with Crippen molar-refractivity contribution in [3.8, 4) is 11.1 Å². The molecule has 21 heavy (non-hydrogen) atoms. The monoisotopic (exact) mass is 280 g/mol. The zero-order chi connectivity index (χ0) is 15.1. The molecule has 108 valence electrons. The van der Waals surface area contributed by atoms with Crippen LogP contribution in [0.3, 0.4) is 0 Å². The number of carbonyl (C=O) groups is 1. The maximum atomic E-state index is 11.5. The highest BCUT2D eigenvalue weighted by Crippen LogP contribution is 2.19. The van der Waals surface area contributed by atoms with Crippen LogP contribution in [0.25, 0.3) is 17.2 Å². The fraction of sp³-hybridized carbons (Fsp3) is 0.211. The van der Waals surface area contributed by atoms with E-state index in [1.54, 1.807) is 6.08 Å². The van der Waals surface area contributed by atoms with Crippen molar-refractivity contribution in [1.29, 1.82) is 0 Å². The normalized spacial score (nSPS) is 12.3. The minimum Gasteiger partial charge on any atom is -0.434 e. The van der Waals surface area contributed by atoms with Gasteiger partial charge in [-0.2, -0.15) is 0 Å². The lowest BCUT2D eigenvalue weighted by molar-refractivity contribution is -0.142. The quantitative estimate of drug-likeness (QED) is 0.574. The smallest absolute Gasteiger partial charge is 0.313 e. The van der Waals surface area contributed by atoms with Crippen LogP contribution in [0.15, 0.2) is 60.9 Å². The summed E-state index contributed by atoms with van der Waals surface area (Å²) in [5.41, 5.74) is 3.37. The Morgan fingerprint density at radius 3 is 2.29 bits per heavy atom. The van der Waals surface area contributed by atoms with Crippen molar-refractivity contribution in [1.82, 2.24) is 0 Å². The van der Waals surface area contributed by atoms with Gasteiger partial charge in [0, 0.05) is 0 Å². The molecule has 0 amide bonds. The average Bonchev–Trinajstić information content (AvgIpc) is 2.55. The molecule has 0 fully saturated rings. The van der Waals surface area contributed by atoms with E-state index in [-0.39, 0.29) is 11.9 Å². The van der Waals surface area contributed by atoms with E-state index in [1.807, 2.05) is 44.2 Å². The summed E-state index contributed by atoms with van der Waals surface area (Å²) >= 11 is 0. The SMILES string of the molecule is CCC(C)C(=O)O/C=C/c1ccc(-c2ccccc2)cc1. The molecule has 0 aromatic heterocycles. The standard InChI is InChI=1S/C19H20O2/c1-3-15(2)19(20)21-14-13-16-9-11-18(12-10-16)17-7-5-4-6-8-17/h4-15H,3H2,1-2H3/b14-13+. The van der Waals surface area contributed by atoms with Gasteiger partial charge in [-0.15, -0.1) is 0 Å². The summed E-state index contributed by atoms with van der Waals surface area (Å²) in [6.07, 6.45) is 4.06. The first kappa shape index (κ1) is 15.0. The number of carbonyl (C=O) groups excluding carboxylic acids is 1. The van der Waals surface area contributed by atoms with Crippen LogP contribution in [0.5, 0.6) is 0 Å². The topological polar surface area (TPSA) is 26.3 Å². The molecule has 0 spiro atoms. The largest absolute Gasteiger partial charge is 0.434 e. The predicted molar refractivity (Wildman–Crippen MR) is 86.5 cm³/mol. The zero-order valence-electron chi connectivity index (χ0n) is 12.5. The number of esters is 1. The Balaban J connectivity index is 1.98. The molecule has 0 aliphatic rings. The summed E-state index contributed by atoms with van der Waals surface area (Å²) in [5, 5.41) is 0. The molecule has 1 atom stereocenters. The van der Waals surface area contributed by atoms with Gasteiger partial charge in [0.2, 0.25) is 0 Å². The molecule has 2 rings (SSSR count). The Bertz CT molecular complexity index is 597. The highest BCUT2D eigenvalue weighted by molar-refractivity contribution is 5.73. The van der Waals surface area contributed by atoms with Crippen LogP contribution in [0.2, 0.25) is 0 Å². The molecule has 2 aromatic carbocycles. The first-order valence-electron chi connectivity index (χ1n) is 7.23. The molecular weight excluding hydrogens is 260 g/mol. The molecule has 0 aliphatic carbocycles. The van der Waals surface area contributed by atoms with Crippen LogP contribution in [0.4, 0.5) is 0 Å². The second-order valence-electron chi connectivity index (χ2n) is 5.04.